The van der Waals surface area contributed by atoms with Gasteiger partial charge in [-0.1, -0.05) is 36.4 Å². The van der Waals surface area contributed by atoms with E-state index in [1.54, 1.807) is 53.1 Å². The number of hydrogen-bond donors (Lipinski definition) is 3. The molecule has 3 N–H and O–H groups in total. The van der Waals surface area contributed by atoms with Crippen LogP contribution in [-0.2, 0) is 16.1 Å². The van der Waals surface area contributed by atoms with Crippen molar-refractivity contribution in [1.82, 2.24) is 9.88 Å². The van der Waals surface area contributed by atoms with Crippen molar-refractivity contribution >= 4 is 33.7 Å². The lowest BCUT2D eigenvalue weighted by molar-refractivity contribution is -0.142. The van der Waals surface area contributed by atoms with Gasteiger partial charge in [0.05, 0.1) is 11.0 Å². The molecule has 4 rings (SSSR count). The molecule has 4 aromatic rings. The van der Waals surface area contributed by atoms with Crippen molar-refractivity contribution in [2.24, 2.45) is 0 Å². The molecular formula is C23H18N2O5. The Kier molecular flexibility index (Phi) is 4.93. The predicted octanol–water partition coefficient (Wildman–Crippen LogP) is 2.80. The molecule has 0 unspecified atom stereocenters. The van der Waals surface area contributed by atoms with E-state index < -0.39 is 17.9 Å². The number of phenols is 1. The Hall–Kier alpha value is -4.13. The molecule has 0 fully saturated rings. The van der Waals surface area contributed by atoms with Gasteiger partial charge in [0.1, 0.15) is 12.3 Å². The Morgan fingerprint density at radius 3 is 1.93 bits per heavy atom. The Morgan fingerprint density at radius 1 is 0.867 bits per heavy atom. The highest BCUT2D eigenvalue weighted by Crippen LogP contribution is 2.20. The van der Waals surface area contributed by atoms with E-state index in [-0.39, 0.29) is 17.7 Å². The number of aliphatic carboxylic acids is 1. The minimum atomic E-state index is -1.27. The quantitative estimate of drug-likeness (QED) is 0.445. The number of benzene rings is 3. The third-order valence-electron chi connectivity index (χ3n) is 4.96. The molecule has 0 radical (unpaired) electrons. The van der Waals surface area contributed by atoms with Gasteiger partial charge >= 0.3 is 5.97 Å². The minimum Gasteiger partial charge on any atom is -0.508 e. The van der Waals surface area contributed by atoms with Crippen molar-refractivity contribution in [2.45, 2.75) is 12.6 Å². The van der Waals surface area contributed by atoms with Gasteiger partial charge in [0.25, 0.3) is 0 Å². The number of aromatic hydroxyl groups is 1. The number of carboxylic acids is 1. The van der Waals surface area contributed by atoms with Crippen molar-refractivity contribution in [3.05, 3.63) is 88.6 Å². The number of carbonyl (C=O) groups excluding carboxylic acids is 1. The third-order valence-corrected chi connectivity index (χ3v) is 4.96. The van der Waals surface area contributed by atoms with Crippen LogP contribution in [0.15, 0.2) is 77.6 Å². The van der Waals surface area contributed by atoms with Crippen molar-refractivity contribution in [3.8, 4) is 5.75 Å². The Labute approximate surface area is 170 Å². The SMILES string of the molecule is O=C(Cn1c2ccccc2c(=O)c2ccccc21)N[C@@H](C(=O)O)c1ccc(O)cc1. The van der Waals surface area contributed by atoms with Crippen LogP contribution in [0.25, 0.3) is 21.8 Å². The molecule has 0 saturated carbocycles. The molecule has 30 heavy (non-hydrogen) atoms. The molecule has 0 bridgehead atoms. The lowest BCUT2D eigenvalue weighted by atomic mass is 10.1. The topological polar surface area (TPSA) is 109 Å². The molecular weight excluding hydrogens is 384 g/mol. The second-order valence-corrected chi connectivity index (χ2v) is 6.88. The van der Waals surface area contributed by atoms with Gasteiger partial charge in [0.2, 0.25) is 5.91 Å². The summed E-state index contributed by atoms with van der Waals surface area (Å²) >= 11 is 0. The monoisotopic (exact) mass is 402 g/mol. The van der Waals surface area contributed by atoms with Gasteiger partial charge in [0, 0.05) is 10.8 Å². The van der Waals surface area contributed by atoms with Gasteiger partial charge in [-0.15, -0.1) is 0 Å². The lowest BCUT2D eigenvalue weighted by Crippen LogP contribution is -2.36. The Balaban J connectivity index is 1.73. The molecule has 1 amide bonds. The molecule has 3 aromatic carbocycles. The Bertz CT molecular complexity index is 1270. The number of carbonyl (C=O) groups is 2. The molecule has 0 aliphatic rings. The Morgan fingerprint density at radius 2 is 1.40 bits per heavy atom. The van der Waals surface area contributed by atoms with Crippen LogP contribution < -0.4 is 10.7 Å². The van der Waals surface area contributed by atoms with Gasteiger partial charge in [-0.25, -0.2) is 4.79 Å². The highest BCUT2D eigenvalue weighted by atomic mass is 16.4. The molecule has 0 aliphatic heterocycles. The minimum absolute atomic E-state index is 0.000383. The number of carboxylic acid groups (broad SMARTS) is 1. The van der Waals surface area contributed by atoms with Crippen LogP contribution in [0.3, 0.4) is 0 Å². The van der Waals surface area contributed by atoms with Crippen molar-refractivity contribution in [1.29, 1.82) is 0 Å². The van der Waals surface area contributed by atoms with E-state index in [2.05, 4.69) is 5.32 Å². The second kappa shape index (κ2) is 7.71. The fraction of sp³-hybridized carbons (Fsp3) is 0.0870. The number of para-hydroxylation sites is 2. The van der Waals surface area contributed by atoms with E-state index in [4.69, 9.17) is 0 Å². The van der Waals surface area contributed by atoms with Crippen LogP contribution >= 0.6 is 0 Å². The number of hydrogen-bond acceptors (Lipinski definition) is 4. The van der Waals surface area contributed by atoms with E-state index in [0.29, 0.717) is 27.4 Å². The zero-order valence-electron chi connectivity index (χ0n) is 15.8. The van der Waals surface area contributed by atoms with Crippen LogP contribution in [0.5, 0.6) is 5.75 Å². The van der Waals surface area contributed by atoms with Gasteiger partial charge in [0.15, 0.2) is 11.5 Å². The first kappa shape index (κ1) is 19.2. The standard InChI is InChI=1S/C23H18N2O5/c26-15-11-9-14(10-12-15)21(23(29)30)24-20(27)13-25-18-7-3-1-5-16(18)22(28)17-6-2-4-8-19(17)25/h1-12,21,26H,13H2,(H,24,27)(H,29,30)/t21-/m1/s1. The largest absolute Gasteiger partial charge is 0.508 e. The van der Waals surface area contributed by atoms with Crippen LogP contribution in [0.2, 0.25) is 0 Å². The van der Waals surface area contributed by atoms with E-state index in [1.807, 2.05) is 0 Å². The maximum atomic E-state index is 12.8. The first-order valence-electron chi connectivity index (χ1n) is 9.27. The number of phenolic OH excluding ortho intramolecular Hbond substituents is 1. The summed E-state index contributed by atoms with van der Waals surface area (Å²) in [5, 5.41) is 22.5. The molecule has 0 aliphatic carbocycles. The normalized spacial score (nSPS) is 12.0. The van der Waals surface area contributed by atoms with Gasteiger partial charge in [-0.3, -0.25) is 9.59 Å². The number of nitrogens with zero attached hydrogens (tertiary/aromatic N) is 1. The van der Waals surface area contributed by atoms with Gasteiger partial charge in [-0.05, 0) is 42.0 Å². The summed E-state index contributed by atoms with van der Waals surface area (Å²) in [5.74, 6) is -1.74. The van der Waals surface area contributed by atoms with Gasteiger partial charge in [-0.2, -0.15) is 0 Å². The molecule has 7 heteroatoms. The van der Waals surface area contributed by atoms with Crippen molar-refractivity contribution < 1.29 is 19.8 Å². The first-order chi connectivity index (χ1) is 14.5. The molecule has 1 aromatic heterocycles. The van der Waals surface area contributed by atoms with E-state index in [1.165, 1.54) is 24.3 Å². The van der Waals surface area contributed by atoms with Crippen LogP contribution in [0, 0.1) is 0 Å². The average Bonchev–Trinajstić information content (AvgIpc) is 2.75. The predicted molar refractivity (Wildman–Crippen MR) is 112 cm³/mol. The summed E-state index contributed by atoms with van der Waals surface area (Å²) in [5.41, 5.74) is 1.40. The average molecular weight is 402 g/mol. The zero-order chi connectivity index (χ0) is 21.3. The molecule has 0 saturated heterocycles. The number of amides is 1. The smallest absolute Gasteiger partial charge is 0.330 e. The molecule has 150 valence electrons. The van der Waals surface area contributed by atoms with E-state index in [9.17, 15) is 24.6 Å². The van der Waals surface area contributed by atoms with Crippen LogP contribution in [-0.4, -0.2) is 26.7 Å². The highest BCUT2D eigenvalue weighted by Gasteiger charge is 2.23. The van der Waals surface area contributed by atoms with Crippen molar-refractivity contribution in [2.75, 3.05) is 0 Å². The second-order valence-electron chi connectivity index (χ2n) is 6.88. The van der Waals surface area contributed by atoms with Crippen molar-refractivity contribution in [3.63, 3.8) is 0 Å². The maximum Gasteiger partial charge on any atom is 0.330 e. The fourth-order valence-corrected chi connectivity index (χ4v) is 3.55. The van der Waals surface area contributed by atoms with Gasteiger partial charge < -0.3 is 20.1 Å². The molecule has 1 heterocycles. The lowest BCUT2D eigenvalue weighted by Gasteiger charge is -2.18. The number of aromatic nitrogens is 1. The number of pyridine rings is 1. The number of rotatable bonds is 5. The van der Waals surface area contributed by atoms with E-state index in [0.717, 1.165) is 0 Å². The summed E-state index contributed by atoms with van der Waals surface area (Å²) in [7, 11) is 0. The van der Waals surface area contributed by atoms with Crippen LogP contribution in [0.4, 0.5) is 0 Å². The summed E-state index contributed by atoms with van der Waals surface area (Å²) in [4.78, 5) is 37.3. The first-order valence-corrected chi connectivity index (χ1v) is 9.27. The summed E-state index contributed by atoms with van der Waals surface area (Å²) in [6.45, 7) is -0.164. The summed E-state index contributed by atoms with van der Waals surface area (Å²) in [6, 6.07) is 18.3. The van der Waals surface area contributed by atoms with E-state index >= 15 is 0 Å². The summed E-state index contributed by atoms with van der Waals surface area (Å²) in [6.07, 6.45) is 0. The zero-order valence-corrected chi connectivity index (χ0v) is 15.8. The van der Waals surface area contributed by atoms with Crippen LogP contribution in [0.1, 0.15) is 11.6 Å². The highest BCUT2D eigenvalue weighted by molar-refractivity contribution is 5.95. The third kappa shape index (κ3) is 3.48. The summed E-state index contributed by atoms with van der Waals surface area (Å²) < 4.78 is 1.71. The number of fused-ring (bicyclic) bond motifs is 2. The fourth-order valence-electron chi connectivity index (χ4n) is 3.55. The maximum absolute atomic E-state index is 12.8. The molecule has 0 spiro atoms. The molecule has 7 nitrogen and oxygen atoms in total. The number of nitrogens with one attached hydrogen (secondary N) is 1. The molecule has 1 atom stereocenters.